The Morgan fingerprint density at radius 2 is 2.17 bits per heavy atom. The zero-order valence-corrected chi connectivity index (χ0v) is 15.5. The third-order valence-corrected chi connectivity index (χ3v) is 4.37. The highest BCUT2D eigenvalue weighted by Crippen LogP contribution is 2.25. The Kier molecular flexibility index (Phi) is 5.89. The summed E-state index contributed by atoms with van der Waals surface area (Å²) < 4.78 is 19.3. The predicted octanol–water partition coefficient (Wildman–Crippen LogP) is 4.79. The Hall–Kier alpha value is -1.30. The van der Waals surface area contributed by atoms with E-state index < -0.39 is 5.60 Å². The number of carbonyl (C=O) groups is 1. The van der Waals surface area contributed by atoms with Crippen LogP contribution in [-0.2, 0) is 4.74 Å². The van der Waals surface area contributed by atoms with Gasteiger partial charge < -0.3 is 15.0 Å². The van der Waals surface area contributed by atoms with Crippen LogP contribution in [0.15, 0.2) is 22.7 Å². The number of carbonyl (C=O) groups excluding carboxylic acids is 1. The fourth-order valence-corrected chi connectivity index (χ4v) is 3.13. The second-order valence-corrected chi connectivity index (χ2v) is 7.68. The van der Waals surface area contributed by atoms with Crippen molar-refractivity contribution in [3.8, 4) is 0 Å². The summed E-state index contributed by atoms with van der Waals surface area (Å²) in [4.78, 5) is 14.2. The molecule has 1 aliphatic heterocycles. The zero-order chi connectivity index (χ0) is 17.0. The first-order valence-corrected chi connectivity index (χ1v) is 8.74. The molecule has 1 fully saturated rings. The van der Waals surface area contributed by atoms with Crippen LogP contribution in [0, 0.1) is 5.82 Å². The molecule has 1 amide bonds. The van der Waals surface area contributed by atoms with E-state index in [0.29, 0.717) is 17.6 Å². The molecule has 1 atom stereocenters. The van der Waals surface area contributed by atoms with Crippen LogP contribution in [0.4, 0.5) is 14.9 Å². The summed E-state index contributed by atoms with van der Waals surface area (Å²) in [6.07, 6.45) is 2.76. The summed E-state index contributed by atoms with van der Waals surface area (Å²) in [6.45, 7) is 6.95. The van der Waals surface area contributed by atoms with Crippen LogP contribution in [0.3, 0.4) is 0 Å². The second kappa shape index (κ2) is 7.51. The van der Waals surface area contributed by atoms with Crippen LogP contribution in [0.5, 0.6) is 0 Å². The lowest BCUT2D eigenvalue weighted by Crippen LogP contribution is -2.48. The quantitative estimate of drug-likeness (QED) is 0.811. The Balaban J connectivity index is 1.99. The smallest absolute Gasteiger partial charge is 0.410 e. The predicted molar refractivity (Wildman–Crippen MR) is 93.2 cm³/mol. The molecule has 1 N–H and O–H groups in total. The van der Waals surface area contributed by atoms with Crippen molar-refractivity contribution in [3.05, 3.63) is 28.5 Å². The molecule has 1 aromatic rings. The SMILES string of the molecule is CC(C)(C)OC(=O)N1CCCCC1CNc1ccc(F)cc1Br. The Labute approximate surface area is 145 Å². The highest BCUT2D eigenvalue weighted by molar-refractivity contribution is 9.10. The summed E-state index contributed by atoms with van der Waals surface area (Å²) in [6, 6.07) is 4.62. The minimum absolute atomic E-state index is 0.0792. The lowest BCUT2D eigenvalue weighted by molar-refractivity contribution is 0.0114. The maximum Gasteiger partial charge on any atom is 0.410 e. The molecule has 0 aromatic heterocycles. The van der Waals surface area contributed by atoms with E-state index >= 15 is 0 Å². The minimum Gasteiger partial charge on any atom is -0.444 e. The molecule has 4 nitrogen and oxygen atoms in total. The van der Waals surface area contributed by atoms with Crippen LogP contribution in [0.1, 0.15) is 40.0 Å². The van der Waals surface area contributed by atoms with Crippen molar-refractivity contribution >= 4 is 27.7 Å². The van der Waals surface area contributed by atoms with Crippen molar-refractivity contribution < 1.29 is 13.9 Å². The van der Waals surface area contributed by atoms with E-state index in [1.165, 1.54) is 12.1 Å². The van der Waals surface area contributed by atoms with Crippen molar-refractivity contribution in [2.24, 2.45) is 0 Å². The maximum atomic E-state index is 13.1. The number of nitrogens with one attached hydrogen (secondary N) is 1. The number of rotatable bonds is 3. The van der Waals surface area contributed by atoms with E-state index in [1.54, 1.807) is 11.0 Å². The minimum atomic E-state index is -0.494. The summed E-state index contributed by atoms with van der Waals surface area (Å²) >= 11 is 3.35. The molecular weight excluding hydrogens is 363 g/mol. The van der Waals surface area contributed by atoms with E-state index in [1.807, 2.05) is 20.8 Å². The van der Waals surface area contributed by atoms with Gasteiger partial charge in [0, 0.05) is 23.2 Å². The average molecular weight is 387 g/mol. The number of piperidine rings is 1. The van der Waals surface area contributed by atoms with Gasteiger partial charge in [-0.05, 0) is 74.2 Å². The van der Waals surface area contributed by atoms with Gasteiger partial charge in [0.15, 0.2) is 0 Å². The van der Waals surface area contributed by atoms with E-state index in [-0.39, 0.29) is 18.0 Å². The van der Waals surface area contributed by atoms with Gasteiger partial charge in [0.25, 0.3) is 0 Å². The number of likely N-dealkylation sites (tertiary alicyclic amines) is 1. The van der Waals surface area contributed by atoms with Gasteiger partial charge in [-0.1, -0.05) is 0 Å². The number of hydrogen-bond donors (Lipinski definition) is 1. The molecular formula is C17H24BrFN2O2. The first kappa shape index (κ1) is 18.0. The average Bonchev–Trinajstić information content (AvgIpc) is 2.45. The summed E-state index contributed by atoms with van der Waals surface area (Å²) in [5.74, 6) is -0.282. The zero-order valence-electron chi connectivity index (χ0n) is 13.9. The Morgan fingerprint density at radius 1 is 1.43 bits per heavy atom. The van der Waals surface area contributed by atoms with Crippen molar-refractivity contribution in [2.75, 3.05) is 18.4 Å². The Bertz CT molecular complexity index is 560. The van der Waals surface area contributed by atoms with E-state index in [4.69, 9.17) is 4.74 Å². The first-order chi connectivity index (χ1) is 10.8. The molecule has 0 aliphatic carbocycles. The van der Waals surface area contributed by atoms with Gasteiger partial charge in [0.2, 0.25) is 0 Å². The van der Waals surface area contributed by atoms with E-state index in [0.717, 1.165) is 24.9 Å². The number of amides is 1. The topological polar surface area (TPSA) is 41.6 Å². The molecule has 23 heavy (non-hydrogen) atoms. The van der Waals surface area contributed by atoms with Crippen molar-refractivity contribution in [1.82, 2.24) is 4.90 Å². The number of anilines is 1. The van der Waals surface area contributed by atoms with Gasteiger partial charge in [-0.2, -0.15) is 0 Å². The normalized spacial score (nSPS) is 18.7. The third-order valence-electron chi connectivity index (χ3n) is 3.71. The lowest BCUT2D eigenvalue weighted by atomic mass is 10.0. The monoisotopic (exact) mass is 386 g/mol. The number of hydrogen-bond acceptors (Lipinski definition) is 3. The first-order valence-electron chi connectivity index (χ1n) is 7.95. The molecule has 0 spiro atoms. The molecule has 1 aliphatic rings. The number of ether oxygens (including phenoxy) is 1. The summed E-state index contributed by atoms with van der Waals surface area (Å²) in [5, 5.41) is 3.29. The van der Waals surface area contributed by atoms with Gasteiger partial charge >= 0.3 is 6.09 Å². The highest BCUT2D eigenvalue weighted by Gasteiger charge is 2.30. The van der Waals surface area contributed by atoms with Crippen LogP contribution in [0.2, 0.25) is 0 Å². The van der Waals surface area contributed by atoms with E-state index in [2.05, 4.69) is 21.2 Å². The van der Waals surface area contributed by atoms with E-state index in [9.17, 15) is 9.18 Å². The fourth-order valence-electron chi connectivity index (χ4n) is 2.63. The number of nitrogens with zero attached hydrogens (tertiary/aromatic N) is 1. The molecule has 1 saturated heterocycles. The molecule has 0 saturated carbocycles. The molecule has 128 valence electrons. The standard InChI is InChI=1S/C17H24BrFN2O2/c1-17(2,3)23-16(22)21-9-5-4-6-13(21)11-20-15-8-7-12(19)10-14(15)18/h7-8,10,13,20H,4-6,9,11H2,1-3H3. The van der Waals surface area contributed by atoms with Crippen LogP contribution < -0.4 is 5.32 Å². The van der Waals surface area contributed by atoms with Crippen molar-refractivity contribution in [3.63, 3.8) is 0 Å². The van der Waals surface area contributed by atoms with Gasteiger partial charge in [0.1, 0.15) is 11.4 Å². The third kappa shape index (κ3) is 5.37. The lowest BCUT2D eigenvalue weighted by Gasteiger charge is -2.37. The molecule has 6 heteroatoms. The van der Waals surface area contributed by atoms with Crippen LogP contribution in [-0.4, -0.2) is 35.7 Å². The van der Waals surface area contributed by atoms with Crippen molar-refractivity contribution in [1.29, 1.82) is 0 Å². The van der Waals surface area contributed by atoms with Gasteiger partial charge in [-0.15, -0.1) is 0 Å². The summed E-state index contributed by atoms with van der Waals surface area (Å²) in [7, 11) is 0. The van der Waals surface area contributed by atoms with Gasteiger partial charge in [-0.25, -0.2) is 9.18 Å². The molecule has 0 bridgehead atoms. The molecule has 1 heterocycles. The van der Waals surface area contributed by atoms with Gasteiger partial charge in [-0.3, -0.25) is 0 Å². The number of halogens is 2. The highest BCUT2D eigenvalue weighted by atomic mass is 79.9. The summed E-state index contributed by atoms with van der Waals surface area (Å²) in [5.41, 5.74) is 0.327. The molecule has 2 rings (SSSR count). The van der Waals surface area contributed by atoms with Crippen LogP contribution in [0.25, 0.3) is 0 Å². The molecule has 1 aromatic carbocycles. The molecule has 1 unspecified atom stereocenters. The molecule has 0 radical (unpaired) electrons. The van der Waals surface area contributed by atoms with Crippen LogP contribution >= 0.6 is 15.9 Å². The maximum absolute atomic E-state index is 13.1. The van der Waals surface area contributed by atoms with Crippen molar-refractivity contribution in [2.45, 2.75) is 51.7 Å². The largest absolute Gasteiger partial charge is 0.444 e. The fraction of sp³-hybridized carbons (Fsp3) is 0.588. The Morgan fingerprint density at radius 3 is 2.83 bits per heavy atom. The van der Waals surface area contributed by atoms with Gasteiger partial charge in [0.05, 0.1) is 6.04 Å². The number of benzene rings is 1. The second-order valence-electron chi connectivity index (χ2n) is 6.83.